The van der Waals surface area contributed by atoms with Gasteiger partial charge in [-0.3, -0.25) is 4.79 Å². The Kier molecular flexibility index (Phi) is 4.32. The standard InChI is InChI=1S/C12H7Cl3FN3O/c13-7-3-6(4-8(14)11(7)16)18-12(20)5-1-9(15)19-10(17)2-5/h1-4H,(H2,17,19)(H,18,20). The molecule has 0 saturated heterocycles. The van der Waals surface area contributed by atoms with Gasteiger partial charge in [0.2, 0.25) is 0 Å². The van der Waals surface area contributed by atoms with Crippen LogP contribution < -0.4 is 11.1 Å². The molecule has 1 aromatic carbocycles. The van der Waals surface area contributed by atoms with Crippen molar-refractivity contribution in [1.82, 2.24) is 4.98 Å². The highest BCUT2D eigenvalue weighted by Gasteiger charge is 2.12. The van der Waals surface area contributed by atoms with Crippen LogP contribution in [0, 0.1) is 5.82 Å². The predicted molar refractivity (Wildman–Crippen MR) is 78.0 cm³/mol. The van der Waals surface area contributed by atoms with E-state index in [4.69, 9.17) is 40.5 Å². The monoisotopic (exact) mass is 333 g/mol. The molecule has 20 heavy (non-hydrogen) atoms. The molecule has 2 aromatic rings. The summed E-state index contributed by atoms with van der Waals surface area (Å²) in [5.74, 6) is -1.14. The Morgan fingerprint density at radius 3 is 2.30 bits per heavy atom. The number of anilines is 2. The Bertz CT molecular complexity index is 650. The first-order valence-electron chi connectivity index (χ1n) is 5.26. The van der Waals surface area contributed by atoms with E-state index in [1.807, 2.05) is 0 Å². The molecule has 0 unspecified atom stereocenters. The van der Waals surface area contributed by atoms with Crippen molar-refractivity contribution < 1.29 is 9.18 Å². The maximum atomic E-state index is 13.3. The molecular formula is C12H7Cl3FN3O. The predicted octanol–water partition coefficient (Wildman–Crippen LogP) is 4.02. The number of nitrogens with one attached hydrogen (secondary N) is 1. The van der Waals surface area contributed by atoms with E-state index in [2.05, 4.69) is 10.3 Å². The molecule has 8 heteroatoms. The molecule has 0 bridgehead atoms. The second kappa shape index (κ2) is 5.83. The maximum absolute atomic E-state index is 13.3. The highest BCUT2D eigenvalue weighted by atomic mass is 35.5. The molecule has 0 radical (unpaired) electrons. The lowest BCUT2D eigenvalue weighted by Crippen LogP contribution is -2.13. The molecule has 1 aromatic heterocycles. The fourth-order valence-corrected chi connectivity index (χ4v) is 2.18. The fourth-order valence-electron chi connectivity index (χ4n) is 1.48. The van der Waals surface area contributed by atoms with Crippen LogP contribution in [0.25, 0.3) is 0 Å². The van der Waals surface area contributed by atoms with Gasteiger partial charge >= 0.3 is 0 Å². The van der Waals surface area contributed by atoms with Gasteiger partial charge < -0.3 is 11.1 Å². The Balaban J connectivity index is 2.28. The summed E-state index contributed by atoms with van der Waals surface area (Å²) < 4.78 is 13.3. The molecule has 0 fully saturated rings. The number of carbonyl (C=O) groups excluding carboxylic acids is 1. The summed E-state index contributed by atoms with van der Waals surface area (Å²) in [4.78, 5) is 15.7. The highest BCUT2D eigenvalue weighted by Crippen LogP contribution is 2.27. The third-order valence-electron chi connectivity index (χ3n) is 2.32. The molecule has 0 saturated carbocycles. The summed E-state index contributed by atoms with van der Waals surface area (Å²) in [5.41, 5.74) is 5.95. The summed E-state index contributed by atoms with van der Waals surface area (Å²) in [6, 6.07) is 5.19. The van der Waals surface area contributed by atoms with E-state index in [9.17, 15) is 9.18 Å². The van der Waals surface area contributed by atoms with Crippen LogP contribution in [0.1, 0.15) is 10.4 Å². The number of nitrogens with two attached hydrogens (primary N) is 1. The van der Waals surface area contributed by atoms with Gasteiger partial charge in [-0.1, -0.05) is 34.8 Å². The molecule has 0 aliphatic heterocycles. The first-order valence-corrected chi connectivity index (χ1v) is 6.39. The molecule has 0 atom stereocenters. The molecule has 104 valence electrons. The lowest BCUT2D eigenvalue weighted by molar-refractivity contribution is 0.102. The van der Waals surface area contributed by atoms with E-state index in [0.717, 1.165) is 0 Å². The molecule has 3 N–H and O–H groups in total. The number of hydrogen-bond donors (Lipinski definition) is 2. The van der Waals surface area contributed by atoms with E-state index in [1.165, 1.54) is 24.3 Å². The lowest BCUT2D eigenvalue weighted by Gasteiger charge is -2.08. The van der Waals surface area contributed by atoms with E-state index in [0.29, 0.717) is 0 Å². The summed E-state index contributed by atoms with van der Waals surface area (Å²) in [5, 5.41) is 2.20. The molecular weight excluding hydrogens is 328 g/mol. The SMILES string of the molecule is Nc1cc(C(=O)Nc2cc(Cl)c(F)c(Cl)c2)cc(Cl)n1. The van der Waals surface area contributed by atoms with Crippen LogP contribution in [-0.4, -0.2) is 10.9 Å². The third-order valence-corrected chi connectivity index (χ3v) is 3.06. The average molecular weight is 335 g/mol. The van der Waals surface area contributed by atoms with Gasteiger partial charge in [-0.05, 0) is 24.3 Å². The minimum Gasteiger partial charge on any atom is -0.384 e. The number of carbonyl (C=O) groups is 1. The average Bonchev–Trinajstić information content (AvgIpc) is 2.34. The van der Waals surface area contributed by atoms with Crippen molar-refractivity contribution in [3.8, 4) is 0 Å². The highest BCUT2D eigenvalue weighted by molar-refractivity contribution is 6.35. The Morgan fingerprint density at radius 2 is 1.75 bits per heavy atom. The Hall–Kier alpha value is -1.56. The molecule has 0 spiro atoms. The number of rotatable bonds is 2. The summed E-state index contributed by atoms with van der Waals surface area (Å²) >= 11 is 17.0. The quantitative estimate of drug-likeness (QED) is 0.644. The van der Waals surface area contributed by atoms with Gasteiger partial charge in [0, 0.05) is 11.3 Å². The number of nitrogen functional groups attached to an aromatic ring is 1. The first-order chi connectivity index (χ1) is 9.36. The van der Waals surface area contributed by atoms with Gasteiger partial charge in [0.25, 0.3) is 5.91 Å². The van der Waals surface area contributed by atoms with Crippen molar-refractivity contribution in [1.29, 1.82) is 0 Å². The molecule has 0 aliphatic carbocycles. The van der Waals surface area contributed by atoms with E-state index in [-0.39, 0.29) is 32.3 Å². The minimum absolute atomic E-state index is 0.0883. The summed E-state index contributed by atoms with van der Waals surface area (Å²) in [6.45, 7) is 0. The zero-order valence-corrected chi connectivity index (χ0v) is 12.0. The smallest absolute Gasteiger partial charge is 0.255 e. The number of benzene rings is 1. The van der Waals surface area contributed by atoms with Gasteiger partial charge in [-0.15, -0.1) is 0 Å². The molecule has 4 nitrogen and oxygen atoms in total. The number of amides is 1. The topological polar surface area (TPSA) is 68.0 Å². The van der Waals surface area contributed by atoms with Gasteiger partial charge in [-0.25, -0.2) is 9.37 Å². The van der Waals surface area contributed by atoms with Crippen molar-refractivity contribution in [2.45, 2.75) is 0 Å². The van der Waals surface area contributed by atoms with Crippen LogP contribution in [0.4, 0.5) is 15.9 Å². The minimum atomic E-state index is -0.748. The molecule has 1 amide bonds. The first kappa shape index (κ1) is 14.8. The second-order valence-corrected chi connectivity index (χ2v) is 5.01. The van der Waals surface area contributed by atoms with E-state index < -0.39 is 11.7 Å². The molecule has 0 aliphatic rings. The summed E-state index contributed by atoms with van der Waals surface area (Å²) in [7, 11) is 0. The maximum Gasteiger partial charge on any atom is 0.255 e. The van der Waals surface area contributed by atoms with Crippen LogP contribution in [-0.2, 0) is 0 Å². The third kappa shape index (κ3) is 3.30. The largest absolute Gasteiger partial charge is 0.384 e. The van der Waals surface area contributed by atoms with Crippen LogP contribution in [0.15, 0.2) is 24.3 Å². The number of nitrogens with zero attached hydrogens (tertiary/aromatic N) is 1. The number of hydrogen-bond acceptors (Lipinski definition) is 3. The second-order valence-electron chi connectivity index (χ2n) is 3.81. The van der Waals surface area contributed by atoms with Crippen LogP contribution >= 0.6 is 34.8 Å². The van der Waals surface area contributed by atoms with Gasteiger partial charge in [0.15, 0.2) is 5.82 Å². The Labute approximate surface area is 128 Å². The van der Waals surface area contributed by atoms with E-state index in [1.54, 1.807) is 0 Å². The Morgan fingerprint density at radius 1 is 1.15 bits per heavy atom. The van der Waals surface area contributed by atoms with Crippen molar-refractivity contribution >= 4 is 52.2 Å². The van der Waals surface area contributed by atoms with Crippen molar-refractivity contribution in [3.05, 3.63) is 50.8 Å². The number of aromatic nitrogens is 1. The van der Waals surface area contributed by atoms with E-state index >= 15 is 0 Å². The van der Waals surface area contributed by atoms with Crippen LogP contribution in [0.2, 0.25) is 15.2 Å². The van der Waals surface area contributed by atoms with Gasteiger partial charge in [0.1, 0.15) is 11.0 Å². The van der Waals surface area contributed by atoms with Gasteiger partial charge in [0.05, 0.1) is 10.0 Å². The van der Waals surface area contributed by atoms with Gasteiger partial charge in [-0.2, -0.15) is 0 Å². The zero-order valence-electron chi connectivity index (χ0n) is 9.75. The normalized spacial score (nSPS) is 10.4. The number of halogens is 4. The van der Waals surface area contributed by atoms with Crippen molar-refractivity contribution in [2.75, 3.05) is 11.1 Å². The fraction of sp³-hybridized carbons (Fsp3) is 0. The lowest BCUT2D eigenvalue weighted by atomic mass is 10.2. The summed E-state index contributed by atoms with van der Waals surface area (Å²) in [6.07, 6.45) is 0. The number of pyridine rings is 1. The van der Waals surface area contributed by atoms with Crippen LogP contribution in [0.5, 0.6) is 0 Å². The molecule has 2 rings (SSSR count). The zero-order chi connectivity index (χ0) is 14.9. The van der Waals surface area contributed by atoms with Crippen molar-refractivity contribution in [3.63, 3.8) is 0 Å². The van der Waals surface area contributed by atoms with Crippen molar-refractivity contribution in [2.24, 2.45) is 0 Å². The molecule has 1 heterocycles. The van der Waals surface area contributed by atoms with Crippen LogP contribution in [0.3, 0.4) is 0 Å².